The first-order valence-corrected chi connectivity index (χ1v) is 11.8. The van der Waals surface area contributed by atoms with Crippen molar-refractivity contribution >= 4 is 33.4 Å². The number of anilines is 1. The molecule has 0 atom stereocenters. The Bertz CT molecular complexity index is 1400. The molecule has 190 valence electrons. The predicted molar refractivity (Wildman–Crippen MR) is 141 cm³/mol. The number of pyridine rings is 1. The number of unbranched alkanes of at least 4 members (excludes halogenated alkanes) is 2. The van der Waals surface area contributed by atoms with Crippen molar-refractivity contribution in [1.82, 2.24) is 4.57 Å². The molecule has 4 aromatic rings. The van der Waals surface area contributed by atoms with Crippen LogP contribution in [0, 0.1) is 0 Å². The summed E-state index contributed by atoms with van der Waals surface area (Å²) in [6, 6.07) is 18.8. The van der Waals surface area contributed by atoms with Gasteiger partial charge in [-0.1, -0.05) is 18.6 Å². The minimum absolute atomic E-state index is 0. The first-order valence-electron chi connectivity index (χ1n) is 11.8. The number of benzene rings is 3. The maximum Gasteiger partial charge on any atom is 0.224 e. The topological polar surface area (TPSA) is 95.6 Å². The average Bonchev–Trinajstić information content (AvgIpc) is 2.88. The molecule has 0 fully saturated rings. The van der Waals surface area contributed by atoms with Crippen molar-refractivity contribution in [2.75, 3.05) is 26.1 Å². The van der Waals surface area contributed by atoms with E-state index in [0.29, 0.717) is 47.5 Å². The molecular weight excluding hydrogens is 478 g/mol. The van der Waals surface area contributed by atoms with Crippen LogP contribution in [0.4, 0.5) is 5.69 Å². The number of hydrogen-bond acceptors (Lipinski definition) is 5. The number of nitrogens with one attached hydrogen (secondary N) is 1. The van der Waals surface area contributed by atoms with Gasteiger partial charge in [-0.3, -0.25) is 9.59 Å². The number of rotatable bonds is 10. The summed E-state index contributed by atoms with van der Waals surface area (Å²) in [5, 5.41) is 4.11. The zero-order chi connectivity index (χ0) is 24.8. The monoisotopic (exact) mass is 508 g/mol. The molecule has 0 unspecified atom stereocenters. The van der Waals surface area contributed by atoms with E-state index in [1.165, 1.54) is 0 Å². The van der Waals surface area contributed by atoms with Crippen LogP contribution in [0.2, 0.25) is 0 Å². The van der Waals surface area contributed by atoms with E-state index in [-0.39, 0.29) is 23.7 Å². The maximum atomic E-state index is 13.4. The normalized spacial score (nSPS) is 10.8. The second-order valence-corrected chi connectivity index (χ2v) is 8.53. The summed E-state index contributed by atoms with van der Waals surface area (Å²) >= 11 is 0. The summed E-state index contributed by atoms with van der Waals surface area (Å²) in [5.74, 6) is 1.34. The molecule has 8 heteroatoms. The Morgan fingerprint density at radius 2 is 1.58 bits per heavy atom. The van der Waals surface area contributed by atoms with E-state index in [0.717, 1.165) is 35.9 Å². The van der Waals surface area contributed by atoms with Crippen LogP contribution in [-0.2, 0) is 11.3 Å². The number of carbonyl (C=O) groups is 1. The Morgan fingerprint density at radius 3 is 2.28 bits per heavy atom. The molecule has 0 aliphatic rings. The Labute approximate surface area is 216 Å². The quantitative estimate of drug-likeness (QED) is 0.251. The van der Waals surface area contributed by atoms with Crippen molar-refractivity contribution in [3.05, 3.63) is 76.5 Å². The van der Waals surface area contributed by atoms with Gasteiger partial charge in [-0.2, -0.15) is 0 Å². The highest BCUT2D eigenvalue weighted by Crippen LogP contribution is 2.27. The van der Waals surface area contributed by atoms with Gasteiger partial charge >= 0.3 is 0 Å². The van der Waals surface area contributed by atoms with Crippen molar-refractivity contribution in [2.24, 2.45) is 5.73 Å². The first kappa shape index (κ1) is 27.0. The van der Waals surface area contributed by atoms with Crippen molar-refractivity contribution in [3.63, 3.8) is 0 Å². The van der Waals surface area contributed by atoms with E-state index in [2.05, 4.69) is 9.88 Å². The standard InChI is InChI=1S/C28H31N3O4.ClH/c1-34-21-14-19(15-22(17-21)35-2)18-31-25-9-6-5-8-23(25)28(33)24-16-20(11-12-26(24)31)30-27(32)10-4-3-7-13-29;/h5-6,8-9,11-12,14-17H,3-4,7,10,13,18,29H2,1-2H3,(H,30,32);1H/p-1. The second kappa shape index (κ2) is 12.4. The highest BCUT2D eigenvalue weighted by Gasteiger charge is 2.13. The Balaban J connectivity index is 0.00000361. The number of ether oxygens (including phenoxy) is 2. The number of fused-ring (bicyclic) bond motifs is 2. The second-order valence-electron chi connectivity index (χ2n) is 8.53. The van der Waals surface area contributed by atoms with E-state index >= 15 is 0 Å². The van der Waals surface area contributed by atoms with Gasteiger partial charge in [0.1, 0.15) is 11.5 Å². The Morgan fingerprint density at radius 1 is 0.889 bits per heavy atom. The molecule has 0 aliphatic carbocycles. The van der Waals surface area contributed by atoms with Crippen LogP contribution < -0.4 is 38.4 Å². The fraction of sp³-hybridized carbons (Fsp3) is 0.286. The molecule has 4 rings (SSSR count). The lowest BCUT2D eigenvalue weighted by molar-refractivity contribution is -0.116. The highest BCUT2D eigenvalue weighted by atomic mass is 35.5. The van der Waals surface area contributed by atoms with Crippen LogP contribution in [0.15, 0.2) is 65.5 Å². The lowest BCUT2D eigenvalue weighted by Gasteiger charge is -2.17. The molecule has 1 aromatic heterocycles. The molecule has 0 saturated carbocycles. The molecule has 1 heterocycles. The molecule has 0 saturated heterocycles. The largest absolute Gasteiger partial charge is 1.00 e. The van der Waals surface area contributed by atoms with Crippen LogP contribution in [-0.4, -0.2) is 31.2 Å². The molecular formula is C28H31ClN3O4-. The van der Waals surface area contributed by atoms with Gasteiger partial charge in [0.2, 0.25) is 5.91 Å². The minimum Gasteiger partial charge on any atom is -1.00 e. The third kappa shape index (κ3) is 5.98. The number of methoxy groups -OCH3 is 2. The van der Waals surface area contributed by atoms with Gasteiger partial charge in [0.15, 0.2) is 5.43 Å². The maximum absolute atomic E-state index is 13.4. The fourth-order valence-electron chi connectivity index (χ4n) is 4.35. The number of carbonyl (C=O) groups excluding carboxylic acids is 1. The third-order valence-corrected chi connectivity index (χ3v) is 6.12. The smallest absolute Gasteiger partial charge is 0.224 e. The number of aromatic nitrogens is 1. The summed E-state index contributed by atoms with van der Waals surface area (Å²) in [7, 11) is 3.24. The molecule has 0 bridgehead atoms. The first-order chi connectivity index (χ1) is 17.0. The SMILES string of the molecule is COc1cc(Cn2c3ccccc3c(=O)c3cc(NC(=O)CCCCCN)ccc32)cc(OC)c1.[Cl-]. The molecule has 3 aromatic carbocycles. The molecule has 36 heavy (non-hydrogen) atoms. The summed E-state index contributed by atoms with van der Waals surface area (Å²) in [6.07, 6.45) is 3.05. The van der Waals surface area contributed by atoms with E-state index < -0.39 is 0 Å². The van der Waals surface area contributed by atoms with Gasteiger partial charge in [0, 0.05) is 35.5 Å². The Kier molecular flexibility index (Phi) is 9.33. The van der Waals surface area contributed by atoms with Gasteiger partial charge in [0.25, 0.3) is 0 Å². The fourth-order valence-corrected chi connectivity index (χ4v) is 4.35. The number of nitrogens with zero attached hydrogens (tertiary/aromatic N) is 1. The lowest BCUT2D eigenvalue weighted by atomic mass is 10.1. The molecule has 0 spiro atoms. The van der Waals surface area contributed by atoms with E-state index in [1.807, 2.05) is 54.6 Å². The molecule has 0 radical (unpaired) electrons. The van der Waals surface area contributed by atoms with Gasteiger partial charge in [-0.05, 0) is 67.4 Å². The van der Waals surface area contributed by atoms with Crippen LogP contribution in [0.1, 0.15) is 31.2 Å². The predicted octanol–water partition coefficient (Wildman–Crippen LogP) is 1.68. The van der Waals surface area contributed by atoms with Gasteiger partial charge in [0.05, 0.1) is 25.3 Å². The molecule has 0 aliphatic heterocycles. The van der Waals surface area contributed by atoms with Crippen molar-refractivity contribution in [3.8, 4) is 11.5 Å². The number of amides is 1. The Hall–Kier alpha value is -3.55. The van der Waals surface area contributed by atoms with E-state index in [9.17, 15) is 9.59 Å². The average molecular weight is 509 g/mol. The summed E-state index contributed by atoms with van der Waals surface area (Å²) < 4.78 is 13.0. The lowest BCUT2D eigenvalue weighted by Crippen LogP contribution is -3.00. The van der Waals surface area contributed by atoms with E-state index in [4.69, 9.17) is 15.2 Å². The third-order valence-electron chi connectivity index (χ3n) is 6.12. The molecule has 3 N–H and O–H groups in total. The van der Waals surface area contributed by atoms with E-state index in [1.54, 1.807) is 20.3 Å². The van der Waals surface area contributed by atoms with Crippen LogP contribution in [0.3, 0.4) is 0 Å². The van der Waals surface area contributed by atoms with Crippen molar-refractivity contribution < 1.29 is 26.7 Å². The summed E-state index contributed by atoms with van der Waals surface area (Å²) in [5.41, 5.74) is 8.68. The minimum atomic E-state index is -0.0639. The zero-order valence-electron chi connectivity index (χ0n) is 20.6. The van der Waals surface area contributed by atoms with Crippen LogP contribution in [0.5, 0.6) is 11.5 Å². The van der Waals surface area contributed by atoms with Crippen LogP contribution in [0.25, 0.3) is 21.8 Å². The highest BCUT2D eigenvalue weighted by molar-refractivity contribution is 5.97. The van der Waals surface area contributed by atoms with Crippen molar-refractivity contribution in [1.29, 1.82) is 0 Å². The van der Waals surface area contributed by atoms with Gasteiger partial charge < -0.3 is 37.5 Å². The number of para-hydroxylation sites is 1. The number of nitrogens with two attached hydrogens (primary N) is 1. The van der Waals surface area contributed by atoms with Crippen molar-refractivity contribution in [2.45, 2.75) is 32.2 Å². The molecule has 1 amide bonds. The summed E-state index contributed by atoms with van der Waals surface area (Å²) in [6.45, 7) is 1.15. The summed E-state index contributed by atoms with van der Waals surface area (Å²) in [4.78, 5) is 25.8. The molecule has 7 nitrogen and oxygen atoms in total. The van der Waals surface area contributed by atoms with Crippen LogP contribution >= 0.6 is 0 Å². The zero-order valence-corrected chi connectivity index (χ0v) is 21.3. The number of halogens is 1. The van der Waals surface area contributed by atoms with Gasteiger partial charge in [-0.15, -0.1) is 0 Å². The number of hydrogen-bond donors (Lipinski definition) is 2. The van der Waals surface area contributed by atoms with Gasteiger partial charge in [-0.25, -0.2) is 0 Å².